The predicted octanol–water partition coefficient (Wildman–Crippen LogP) is 7.93. The number of hydrogen-bond acceptors (Lipinski definition) is 4. The van der Waals surface area contributed by atoms with Gasteiger partial charge in [-0.15, -0.1) is 0 Å². The molecule has 0 amide bonds. The zero-order chi connectivity index (χ0) is 27.7. The Morgan fingerprint density at radius 2 is 1.90 bits per heavy atom. The van der Waals surface area contributed by atoms with E-state index in [0.29, 0.717) is 5.65 Å². The molecule has 4 aromatic heterocycles. The van der Waals surface area contributed by atoms with E-state index >= 15 is 0 Å². The highest BCUT2D eigenvalue weighted by molar-refractivity contribution is 6.00. The number of fused-ring (bicyclic) bond motifs is 2. The third kappa shape index (κ3) is 5.16. The van der Waals surface area contributed by atoms with Gasteiger partial charge in [-0.05, 0) is 54.5 Å². The second-order valence-electron chi connectivity index (χ2n) is 10.4. The van der Waals surface area contributed by atoms with Crippen molar-refractivity contribution in [1.29, 1.82) is 0 Å². The fourth-order valence-electron chi connectivity index (χ4n) is 4.34. The molecular formula is C32H31FN6. The summed E-state index contributed by atoms with van der Waals surface area (Å²) in [6.45, 7) is 16.5. The lowest BCUT2D eigenvalue weighted by molar-refractivity contribution is 0.478. The summed E-state index contributed by atoms with van der Waals surface area (Å²) in [5.41, 5.74) is 8.30. The predicted molar refractivity (Wildman–Crippen MR) is 158 cm³/mol. The van der Waals surface area contributed by atoms with E-state index in [0.717, 1.165) is 61.3 Å². The highest BCUT2D eigenvalue weighted by Gasteiger charge is 2.17. The second kappa shape index (κ2) is 10.2. The zero-order valence-electron chi connectivity index (χ0n) is 22.6. The standard InChI is InChI=1S/C32H31FN6/c1-7-20(13-24(8-2)36-19(3)32(4,5)6)22-14-26-30(38-39-31(26)35-16-22)28-15-25-27(17-34-18-29(25)37-28)21-10-9-11-23(33)12-21/h7-18,36-37H,2-3H2,1,4-6H3,(H,35,38,39)/b20-7+,24-13+. The molecular weight excluding hydrogens is 487 g/mol. The van der Waals surface area contributed by atoms with Crippen molar-refractivity contribution in [3.8, 4) is 22.5 Å². The molecule has 5 rings (SSSR count). The number of nitrogens with one attached hydrogen (secondary N) is 3. The highest BCUT2D eigenvalue weighted by Crippen LogP contribution is 2.34. The maximum Gasteiger partial charge on any atom is 0.181 e. The average molecular weight is 519 g/mol. The summed E-state index contributed by atoms with van der Waals surface area (Å²) in [5.74, 6) is -0.287. The van der Waals surface area contributed by atoms with Gasteiger partial charge >= 0.3 is 0 Å². The topological polar surface area (TPSA) is 82.3 Å². The molecule has 5 aromatic rings. The van der Waals surface area contributed by atoms with Crippen LogP contribution >= 0.6 is 0 Å². The minimum atomic E-state index is -0.287. The van der Waals surface area contributed by atoms with Crippen LogP contribution in [0.2, 0.25) is 0 Å². The van der Waals surface area contributed by atoms with Crippen molar-refractivity contribution in [2.24, 2.45) is 5.41 Å². The van der Waals surface area contributed by atoms with Crippen LogP contribution in [0.3, 0.4) is 0 Å². The van der Waals surface area contributed by atoms with Crippen molar-refractivity contribution in [3.63, 3.8) is 0 Å². The molecule has 6 nitrogen and oxygen atoms in total. The maximum absolute atomic E-state index is 13.9. The van der Waals surface area contributed by atoms with Gasteiger partial charge in [0.15, 0.2) is 5.65 Å². The largest absolute Gasteiger partial charge is 0.359 e. The molecule has 7 heteroatoms. The Kier molecular flexibility index (Phi) is 6.74. The van der Waals surface area contributed by atoms with Crippen LogP contribution in [0.25, 0.3) is 50.0 Å². The zero-order valence-corrected chi connectivity index (χ0v) is 22.6. The monoisotopic (exact) mass is 518 g/mol. The molecule has 1 aromatic carbocycles. The second-order valence-corrected chi connectivity index (χ2v) is 10.4. The van der Waals surface area contributed by atoms with Crippen LogP contribution in [0.5, 0.6) is 0 Å². The van der Waals surface area contributed by atoms with E-state index in [2.05, 4.69) is 70.5 Å². The van der Waals surface area contributed by atoms with Gasteiger partial charge in [0.2, 0.25) is 0 Å². The van der Waals surface area contributed by atoms with E-state index in [1.807, 2.05) is 37.4 Å². The Morgan fingerprint density at radius 3 is 2.62 bits per heavy atom. The lowest BCUT2D eigenvalue weighted by Crippen LogP contribution is -2.22. The van der Waals surface area contributed by atoms with Gasteiger partial charge in [-0.25, -0.2) is 9.37 Å². The first-order valence-corrected chi connectivity index (χ1v) is 12.7. The Balaban J connectivity index is 1.55. The number of aromatic nitrogens is 5. The Bertz CT molecular complexity index is 1780. The van der Waals surface area contributed by atoms with Crippen LogP contribution in [0.15, 0.2) is 97.8 Å². The molecule has 0 atom stereocenters. The third-order valence-corrected chi connectivity index (χ3v) is 6.74. The number of rotatable bonds is 7. The van der Waals surface area contributed by atoms with E-state index < -0.39 is 0 Å². The molecule has 196 valence electrons. The Morgan fingerprint density at radius 1 is 1.08 bits per heavy atom. The summed E-state index contributed by atoms with van der Waals surface area (Å²) in [4.78, 5) is 12.4. The van der Waals surface area contributed by atoms with Crippen LogP contribution in [0, 0.1) is 11.2 Å². The molecule has 39 heavy (non-hydrogen) atoms. The number of hydrogen-bond donors (Lipinski definition) is 3. The normalized spacial score (nSPS) is 12.7. The first-order valence-electron chi connectivity index (χ1n) is 12.7. The summed E-state index contributed by atoms with van der Waals surface area (Å²) in [7, 11) is 0. The molecule has 0 radical (unpaired) electrons. The van der Waals surface area contributed by atoms with Crippen molar-refractivity contribution < 1.29 is 4.39 Å². The van der Waals surface area contributed by atoms with Crippen molar-refractivity contribution in [2.75, 3.05) is 0 Å². The fourth-order valence-corrected chi connectivity index (χ4v) is 4.34. The first kappa shape index (κ1) is 25.9. The van der Waals surface area contributed by atoms with Crippen molar-refractivity contribution in [1.82, 2.24) is 30.5 Å². The number of nitrogens with zero attached hydrogens (tertiary/aromatic N) is 3. The van der Waals surface area contributed by atoms with E-state index in [4.69, 9.17) is 0 Å². The quantitative estimate of drug-likeness (QED) is 0.191. The van der Waals surface area contributed by atoms with Crippen molar-refractivity contribution in [3.05, 3.63) is 109 Å². The lowest BCUT2D eigenvalue weighted by atomic mass is 9.92. The van der Waals surface area contributed by atoms with E-state index in [1.54, 1.807) is 24.5 Å². The Hall–Kier alpha value is -4.78. The van der Waals surface area contributed by atoms with Gasteiger partial charge in [-0.1, -0.05) is 52.1 Å². The Labute approximate surface area is 227 Å². The average Bonchev–Trinajstić information content (AvgIpc) is 3.53. The molecule has 0 bridgehead atoms. The van der Waals surface area contributed by atoms with Crippen LogP contribution in [0.4, 0.5) is 4.39 Å². The van der Waals surface area contributed by atoms with Gasteiger partial charge in [-0.3, -0.25) is 10.1 Å². The smallest absolute Gasteiger partial charge is 0.181 e. The molecule has 0 aliphatic heterocycles. The summed E-state index contributed by atoms with van der Waals surface area (Å²) in [5, 5.41) is 12.8. The summed E-state index contributed by atoms with van der Waals surface area (Å²) in [6, 6.07) is 10.6. The van der Waals surface area contributed by atoms with Gasteiger partial charge in [0.1, 0.15) is 5.82 Å². The van der Waals surface area contributed by atoms with Crippen LogP contribution in [0.1, 0.15) is 33.3 Å². The summed E-state index contributed by atoms with van der Waals surface area (Å²) >= 11 is 0. The van der Waals surface area contributed by atoms with E-state index in [9.17, 15) is 4.39 Å². The third-order valence-electron chi connectivity index (χ3n) is 6.74. The van der Waals surface area contributed by atoms with Gasteiger partial charge in [-0.2, -0.15) is 5.10 Å². The molecule has 0 aliphatic rings. The number of pyridine rings is 2. The lowest BCUT2D eigenvalue weighted by Gasteiger charge is -2.23. The van der Waals surface area contributed by atoms with E-state index in [-0.39, 0.29) is 11.2 Å². The molecule has 0 saturated heterocycles. The highest BCUT2D eigenvalue weighted by atomic mass is 19.1. The van der Waals surface area contributed by atoms with E-state index in [1.165, 1.54) is 12.1 Å². The summed E-state index contributed by atoms with van der Waals surface area (Å²) in [6.07, 6.45) is 11.2. The molecule has 0 aliphatic carbocycles. The first-order chi connectivity index (χ1) is 18.7. The summed E-state index contributed by atoms with van der Waals surface area (Å²) < 4.78 is 13.9. The van der Waals surface area contributed by atoms with Gasteiger partial charge < -0.3 is 10.3 Å². The SMILES string of the molecule is C=C/C(=C\C(=C/C)c1cnc2n[nH]c(-c3cc4c(-c5cccc(F)c5)cncc4[nH]3)c2c1)NC(=C)C(C)(C)C. The number of allylic oxidation sites excluding steroid dienone is 5. The van der Waals surface area contributed by atoms with Gasteiger partial charge in [0, 0.05) is 51.1 Å². The fraction of sp³-hybridized carbons (Fsp3) is 0.156. The number of benzene rings is 1. The van der Waals surface area contributed by atoms with Crippen LogP contribution in [-0.2, 0) is 0 Å². The van der Waals surface area contributed by atoms with Gasteiger partial charge in [0.05, 0.1) is 23.1 Å². The van der Waals surface area contributed by atoms with Gasteiger partial charge in [0.25, 0.3) is 0 Å². The minimum absolute atomic E-state index is 0.0893. The molecule has 0 unspecified atom stereocenters. The number of aromatic amines is 2. The van der Waals surface area contributed by atoms with Crippen LogP contribution < -0.4 is 5.32 Å². The minimum Gasteiger partial charge on any atom is -0.359 e. The van der Waals surface area contributed by atoms with Crippen molar-refractivity contribution >= 4 is 27.5 Å². The number of H-pyrrole nitrogens is 2. The molecule has 0 spiro atoms. The molecule has 0 saturated carbocycles. The maximum atomic E-state index is 13.9. The number of halogens is 1. The van der Waals surface area contributed by atoms with Crippen molar-refractivity contribution in [2.45, 2.75) is 27.7 Å². The molecule has 0 fully saturated rings. The molecule has 3 N–H and O–H groups in total. The molecule has 4 heterocycles. The van der Waals surface area contributed by atoms with Crippen LogP contribution in [-0.4, -0.2) is 25.1 Å².